The molecule has 0 saturated carbocycles. The lowest BCUT2D eigenvalue weighted by molar-refractivity contribution is 0.0689. The topological polar surface area (TPSA) is 81.5 Å². The van der Waals surface area contributed by atoms with E-state index >= 15 is 0 Å². The van der Waals surface area contributed by atoms with E-state index in [9.17, 15) is 4.79 Å². The zero-order valence-corrected chi connectivity index (χ0v) is 10.5. The fourth-order valence-electron chi connectivity index (χ4n) is 1.47. The molecule has 0 fully saturated rings. The van der Waals surface area contributed by atoms with Crippen molar-refractivity contribution in [3.63, 3.8) is 0 Å². The molecular formula is C13H12N2O4. The number of carboxylic acids is 1. The van der Waals surface area contributed by atoms with Gasteiger partial charge in [0.25, 0.3) is 0 Å². The molecule has 2 rings (SSSR count). The highest BCUT2D eigenvalue weighted by Gasteiger charge is 2.10. The number of methoxy groups -OCH3 is 1. The molecule has 0 saturated heterocycles. The molecule has 6 nitrogen and oxygen atoms in total. The Morgan fingerprint density at radius 3 is 2.63 bits per heavy atom. The first kappa shape index (κ1) is 12.8. The monoisotopic (exact) mass is 260 g/mol. The maximum Gasteiger partial charge on any atom is 0.354 e. The van der Waals surface area contributed by atoms with Gasteiger partial charge in [-0.25, -0.2) is 9.78 Å². The predicted octanol–water partition coefficient (Wildman–Crippen LogP) is 2.28. The number of carboxylic acid groups (broad SMARTS) is 1. The molecule has 2 aromatic rings. The SMILES string of the molecule is COc1cccc(Oc2nc(C)cc(C(=O)O)n2)c1. The first-order valence-corrected chi connectivity index (χ1v) is 5.49. The Bertz CT molecular complexity index is 613. The summed E-state index contributed by atoms with van der Waals surface area (Å²) in [7, 11) is 1.55. The highest BCUT2D eigenvalue weighted by molar-refractivity contribution is 5.85. The number of nitrogens with zero attached hydrogens (tertiary/aromatic N) is 2. The summed E-state index contributed by atoms with van der Waals surface area (Å²) in [5, 5.41) is 8.92. The Balaban J connectivity index is 2.29. The van der Waals surface area contributed by atoms with Crippen molar-refractivity contribution < 1.29 is 19.4 Å². The van der Waals surface area contributed by atoms with Gasteiger partial charge in [-0.15, -0.1) is 0 Å². The smallest absolute Gasteiger partial charge is 0.354 e. The van der Waals surface area contributed by atoms with Crippen molar-refractivity contribution in [1.29, 1.82) is 0 Å². The van der Waals surface area contributed by atoms with E-state index in [4.69, 9.17) is 14.6 Å². The number of rotatable bonds is 4. The van der Waals surface area contributed by atoms with Crippen LogP contribution in [0.2, 0.25) is 0 Å². The van der Waals surface area contributed by atoms with E-state index in [1.165, 1.54) is 6.07 Å². The molecule has 0 aliphatic carbocycles. The van der Waals surface area contributed by atoms with Gasteiger partial charge in [0, 0.05) is 11.8 Å². The van der Waals surface area contributed by atoms with Crippen LogP contribution >= 0.6 is 0 Å². The van der Waals surface area contributed by atoms with Gasteiger partial charge < -0.3 is 14.6 Å². The third-order valence-electron chi connectivity index (χ3n) is 2.30. The van der Waals surface area contributed by atoms with E-state index in [1.54, 1.807) is 38.3 Å². The number of benzene rings is 1. The number of hydrogen-bond donors (Lipinski definition) is 1. The van der Waals surface area contributed by atoms with Crippen LogP contribution in [0.1, 0.15) is 16.2 Å². The molecule has 1 N–H and O–H groups in total. The molecule has 0 spiro atoms. The minimum absolute atomic E-state index is 0.00865. The molecule has 1 heterocycles. The molecule has 0 radical (unpaired) electrons. The van der Waals surface area contributed by atoms with Gasteiger partial charge in [-0.05, 0) is 25.1 Å². The van der Waals surface area contributed by atoms with Crippen LogP contribution in [0.3, 0.4) is 0 Å². The third kappa shape index (κ3) is 3.19. The predicted molar refractivity (Wildman–Crippen MR) is 66.8 cm³/mol. The van der Waals surface area contributed by atoms with Crippen LogP contribution in [-0.4, -0.2) is 28.2 Å². The lowest BCUT2D eigenvalue weighted by Crippen LogP contribution is -2.04. The van der Waals surface area contributed by atoms with Gasteiger partial charge >= 0.3 is 12.0 Å². The third-order valence-corrected chi connectivity index (χ3v) is 2.30. The standard InChI is InChI=1S/C13H12N2O4/c1-8-6-11(12(16)17)15-13(14-8)19-10-5-3-4-9(7-10)18-2/h3-7H,1-2H3,(H,16,17). The van der Waals surface area contributed by atoms with Crippen LogP contribution < -0.4 is 9.47 Å². The minimum atomic E-state index is -1.12. The quantitative estimate of drug-likeness (QED) is 0.908. The summed E-state index contributed by atoms with van der Waals surface area (Å²) in [6, 6.07) is 8.25. The summed E-state index contributed by atoms with van der Waals surface area (Å²) in [6.07, 6.45) is 0. The van der Waals surface area contributed by atoms with E-state index in [1.807, 2.05) is 0 Å². The number of hydrogen-bond acceptors (Lipinski definition) is 5. The van der Waals surface area contributed by atoms with Crippen molar-refractivity contribution in [2.24, 2.45) is 0 Å². The number of carbonyl (C=O) groups is 1. The molecule has 0 aliphatic heterocycles. The Morgan fingerprint density at radius 1 is 1.21 bits per heavy atom. The average molecular weight is 260 g/mol. The second-order valence-corrected chi connectivity index (χ2v) is 3.76. The number of aryl methyl sites for hydroxylation is 1. The minimum Gasteiger partial charge on any atom is -0.497 e. The van der Waals surface area contributed by atoms with Gasteiger partial charge in [-0.2, -0.15) is 4.98 Å². The van der Waals surface area contributed by atoms with E-state index in [-0.39, 0.29) is 11.7 Å². The zero-order valence-electron chi connectivity index (χ0n) is 10.5. The van der Waals surface area contributed by atoms with Crippen LogP contribution in [0.15, 0.2) is 30.3 Å². The molecule has 0 bridgehead atoms. The molecule has 1 aromatic heterocycles. The highest BCUT2D eigenvalue weighted by atomic mass is 16.5. The fraction of sp³-hybridized carbons (Fsp3) is 0.154. The van der Waals surface area contributed by atoms with Crippen LogP contribution in [0.25, 0.3) is 0 Å². The number of ether oxygens (including phenoxy) is 2. The van der Waals surface area contributed by atoms with Crippen molar-refractivity contribution in [1.82, 2.24) is 9.97 Å². The molecule has 0 amide bonds. The lowest BCUT2D eigenvalue weighted by Gasteiger charge is -2.06. The first-order valence-electron chi connectivity index (χ1n) is 5.49. The molecule has 6 heteroatoms. The fourth-order valence-corrected chi connectivity index (χ4v) is 1.47. The Labute approximate surface area is 109 Å². The van der Waals surface area contributed by atoms with Gasteiger partial charge in [0.2, 0.25) is 0 Å². The number of aromatic carboxylic acids is 1. The summed E-state index contributed by atoms with van der Waals surface area (Å²) < 4.78 is 10.5. The maximum atomic E-state index is 10.9. The van der Waals surface area contributed by atoms with Crippen LogP contribution in [0.5, 0.6) is 17.5 Å². The van der Waals surface area contributed by atoms with E-state index < -0.39 is 5.97 Å². The molecule has 0 unspecified atom stereocenters. The van der Waals surface area contributed by atoms with Gasteiger partial charge in [-0.3, -0.25) is 0 Å². The van der Waals surface area contributed by atoms with Gasteiger partial charge in [0.1, 0.15) is 11.5 Å². The molecule has 98 valence electrons. The van der Waals surface area contributed by atoms with Gasteiger partial charge in [-0.1, -0.05) is 6.07 Å². The average Bonchev–Trinajstić information content (AvgIpc) is 2.38. The van der Waals surface area contributed by atoms with Gasteiger partial charge in [0.05, 0.1) is 7.11 Å². The van der Waals surface area contributed by atoms with Crippen molar-refractivity contribution in [2.75, 3.05) is 7.11 Å². The lowest BCUT2D eigenvalue weighted by atomic mass is 10.3. The van der Waals surface area contributed by atoms with Crippen molar-refractivity contribution in [2.45, 2.75) is 6.92 Å². The van der Waals surface area contributed by atoms with Crippen LogP contribution in [-0.2, 0) is 0 Å². The highest BCUT2D eigenvalue weighted by Crippen LogP contribution is 2.23. The van der Waals surface area contributed by atoms with Crippen LogP contribution in [0, 0.1) is 6.92 Å². The summed E-state index contributed by atoms with van der Waals surface area (Å²) in [4.78, 5) is 18.7. The normalized spacial score (nSPS) is 10.0. The number of aromatic nitrogens is 2. The molecule has 1 aromatic carbocycles. The van der Waals surface area contributed by atoms with E-state index in [0.29, 0.717) is 17.2 Å². The van der Waals surface area contributed by atoms with Gasteiger partial charge in [0.15, 0.2) is 5.69 Å². The summed E-state index contributed by atoms with van der Waals surface area (Å²) >= 11 is 0. The maximum absolute atomic E-state index is 10.9. The van der Waals surface area contributed by atoms with Crippen LogP contribution in [0.4, 0.5) is 0 Å². The molecular weight excluding hydrogens is 248 g/mol. The molecule has 19 heavy (non-hydrogen) atoms. The molecule has 0 aliphatic rings. The molecule has 0 atom stereocenters. The summed E-state index contributed by atoms with van der Waals surface area (Å²) in [5.41, 5.74) is 0.413. The Morgan fingerprint density at radius 2 is 1.95 bits per heavy atom. The summed E-state index contributed by atoms with van der Waals surface area (Å²) in [6.45, 7) is 1.67. The Kier molecular flexibility index (Phi) is 3.61. The van der Waals surface area contributed by atoms with Crippen molar-refractivity contribution in [3.05, 3.63) is 41.7 Å². The second-order valence-electron chi connectivity index (χ2n) is 3.76. The largest absolute Gasteiger partial charge is 0.497 e. The second kappa shape index (κ2) is 5.34. The van der Waals surface area contributed by atoms with Crippen molar-refractivity contribution in [3.8, 4) is 17.5 Å². The first-order chi connectivity index (χ1) is 9.08. The van der Waals surface area contributed by atoms with E-state index in [0.717, 1.165) is 0 Å². The summed E-state index contributed by atoms with van der Waals surface area (Å²) in [5.74, 6) is -0.0223. The van der Waals surface area contributed by atoms with E-state index in [2.05, 4.69) is 9.97 Å². The Hall–Kier alpha value is -2.63. The van der Waals surface area contributed by atoms with Crippen molar-refractivity contribution >= 4 is 5.97 Å². The zero-order chi connectivity index (χ0) is 13.8.